The fourth-order valence-electron chi connectivity index (χ4n) is 2.99. The zero-order valence-corrected chi connectivity index (χ0v) is 13.1. The molecule has 2 heterocycles. The first-order valence-corrected chi connectivity index (χ1v) is 7.92. The van der Waals surface area contributed by atoms with E-state index in [1.807, 2.05) is 6.92 Å². The molecule has 2 rings (SSSR count). The summed E-state index contributed by atoms with van der Waals surface area (Å²) in [6.45, 7) is 2.49. The van der Waals surface area contributed by atoms with Crippen molar-refractivity contribution in [1.29, 1.82) is 0 Å². The van der Waals surface area contributed by atoms with Crippen LogP contribution in [0.1, 0.15) is 51.0 Å². The van der Waals surface area contributed by atoms with Gasteiger partial charge in [0.25, 0.3) is 5.91 Å². The Kier molecular flexibility index (Phi) is 6.12. The smallest absolute Gasteiger partial charge is 0.272 e. The van der Waals surface area contributed by atoms with Crippen molar-refractivity contribution in [2.75, 3.05) is 6.54 Å². The van der Waals surface area contributed by atoms with E-state index < -0.39 is 17.9 Å². The molecule has 0 bridgehead atoms. The van der Waals surface area contributed by atoms with Gasteiger partial charge in [-0.15, -0.1) is 0 Å². The fraction of sp³-hybridized carbons (Fsp3) is 0.667. The summed E-state index contributed by atoms with van der Waals surface area (Å²) >= 11 is 0. The molecule has 1 aliphatic rings. The number of rotatable bonds is 7. The molecule has 2 amide bonds. The number of nitrogens with zero attached hydrogens (tertiary/aromatic N) is 2. The molecule has 1 aromatic heterocycles. The Morgan fingerprint density at radius 2 is 2.35 bits per heavy atom. The summed E-state index contributed by atoms with van der Waals surface area (Å²) in [5.74, 6) is -1.70. The second-order valence-corrected chi connectivity index (χ2v) is 5.73. The summed E-state index contributed by atoms with van der Waals surface area (Å²) in [7, 11) is 0. The fourth-order valence-corrected chi connectivity index (χ4v) is 2.99. The second-order valence-electron chi connectivity index (χ2n) is 5.73. The lowest BCUT2D eigenvalue weighted by Crippen LogP contribution is -2.46. The van der Waals surface area contributed by atoms with Gasteiger partial charge >= 0.3 is 0 Å². The number of hydroxylamine groups is 1. The molecule has 1 saturated heterocycles. The van der Waals surface area contributed by atoms with Crippen molar-refractivity contribution in [1.82, 2.24) is 15.4 Å². The molecule has 23 heavy (non-hydrogen) atoms. The lowest BCUT2D eigenvalue weighted by atomic mass is 9.93. The standard InChI is InChI=1S/C15H23N3O5/c1-2-3-5-10(12(19)13(20)17-22)15(21)18-8-4-6-11(18)14-16-7-9-23-14/h7,9-12,19,22H,2-6,8H2,1H3,(H,17,20)/t10-,11+,12+/m1/s1. The third-order valence-electron chi connectivity index (χ3n) is 4.22. The topological polar surface area (TPSA) is 116 Å². The average molecular weight is 325 g/mol. The van der Waals surface area contributed by atoms with Gasteiger partial charge in [0.15, 0.2) is 0 Å². The monoisotopic (exact) mass is 325 g/mol. The van der Waals surface area contributed by atoms with Crippen molar-refractivity contribution in [3.05, 3.63) is 18.4 Å². The van der Waals surface area contributed by atoms with Gasteiger partial charge in [0, 0.05) is 6.54 Å². The van der Waals surface area contributed by atoms with Crippen LogP contribution in [0.4, 0.5) is 0 Å². The Hall–Kier alpha value is -1.93. The third kappa shape index (κ3) is 3.89. The van der Waals surface area contributed by atoms with Crippen molar-refractivity contribution >= 4 is 11.8 Å². The Labute approximate surface area is 134 Å². The predicted octanol–water partition coefficient (Wildman–Crippen LogP) is 1.01. The Bertz CT molecular complexity index is 519. The third-order valence-corrected chi connectivity index (χ3v) is 4.22. The molecule has 0 saturated carbocycles. The van der Waals surface area contributed by atoms with Gasteiger partial charge in [-0.2, -0.15) is 0 Å². The number of aliphatic hydroxyl groups excluding tert-OH is 1. The Morgan fingerprint density at radius 1 is 1.57 bits per heavy atom. The second kappa shape index (κ2) is 8.07. The minimum atomic E-state index is -1.58. The molecule has 0 radical (unpaired) electrons. The van der Waals surface area contributed by atoms with Crippen LogP contribution in [-0.2, 0) is 9.59 Å². The quantitative estimate of drug-likeness (QED) is 0.509. The number of hydrogen-bond acceptors (Lipinski definition) is 6. The van der Waals surface area contributed by atoms with Crippen molar-refractivity contribution in [2.45, 2.75) is 51.2 Å². The van der Waals surface area contributed by atoms with Gasteiger partial charge in [-0.05, 0) is 19.3 Å². The number of unbranched alkanes of at least 4 members (excludes halogenated alkanes) is 1. The van der Waals surface area contributed by atoms with E-state index in [2.05, 4.69) is 4.98 Å². The van der Waals surface area contributed by atoms with E-state index in [1.165, 1.54) is 17.9 Å². The summed E-state index contributed by atoms with van der Waals surface area (Å²) in [6, 6.07) is -0.272. The highest BCUT2D eigenvalue weighted by molar-refractivity contribution is 5.89. The Morgan fingerprint density at radius 3 is 2.96 bits per heavy atom. The first kappa shape index (κ1) is 17.4. The molecular weight excluding hydrogens is 302 g/mol. The van der Waals surface area contributed by atoms with Crippen molar-refractivity contribution in [3.8, 4) is 0 Å². The van der Waals surface area contributed by atoms with E-state index in [0.29, 0.717) is 25.3 Å². The van der Waals surface area contributed by atoms with Crippen LogP contribution in [0.2, 0.25) is 0 Å². The van der Waals surface area contributed by atoms with E-state index in [1.54, 1.807) is 4.90 Å². The minimum Gasteiger partial charge on any atom is -0.447 e. The minimum absolute atomic E-state index is 0.272. The summed E-state index contributed by atoms with van der Waals surface area (Å²) in [5, 5.41) is 18.8. The normalized spacial score (nSPS) is 20.3. The molecule has 0 aromatic carbocycles. The van der Waals surface area contributed by atoms with E-state index in [0.717, 1.165) is 19.3 Å². The zero-order chi connectivity index (χ0) is 16.8. The summed E-state index contributed by atoms with van der Waals surface area (Å²) < 4.78 is 5.30. The molecule has 1 aliphatic heterocycles. The van der Waals surface area contributed by atoms with E-state index in [4.69, 9.17) is 9.62 Å². The number of amides is 2. The Balaban J connectivity index is 2.16. The molecule has 3 atom stereocenters. The molecule has 8 heteroatoms. The maximum absolute atomic E-state index is 12.9. The van der Waals surface area contributed by atoms with Gasteiger partial charge in [-0.25, -0.2) is 10.5 Å². The van der Waals surface area contributed by atoms with Crippen LogP contribution in [-0.4, -0.2) is 44.7 Å². The molecule has 0 spiro atoms. The summed E-state index contributed by atoms with van der Waals surface area (Å²) in [5.41, 5.74) is 1.42. The van der Waals surface area contributed by atoms with Crippen molar-refractivity contribution < 1.29 is 24.3 Å². The van der Waals surface area contributed by atoms with Gasteiger partial charge in [-0.1, -0.05) is 19.8 Å². The lowest BCUT2D eigenvalue weighted by Gasteiger charge is -2.29. The van der Waals surface area contributed by atoms with Crippen LogP contribution in [0.3, 0.4) is 0 Å². The van der Waals surface area contributed by atoms with Gasteiger partial charge in [0.05, 0.1) is 12.1 Å². The van der Waals surface area contributed by atoms with Gasteiger partial charge in [0.2, 0.25) is 11.8 Å². The maximum Gasteiger partial charge on any atom is 0.272 e. The highest BCUT2D eigenvalue weighted by Crippen LogP contribution is 2.33. The lowest BCUT2D eigenvalue weighted by molar-refractivity contribution is -0.151. The number of hydrogen-bond donors (Lipinski definition) is 3. The van der Waals surface area contributed by atoms with Crippen LogP contribution >= 0.6 is 0 Å². The number of oxazole rings is 1. The van der Waals surface area contributed by atoms with E-state index in [-0.39, 0.29) is 11.9 Å². The first-order chi connectivity index (χ1) is 11.1. The van der Waals surface area contributed by atoms with E-state index >= 15 is 0 Å². The summed E-state index contributed by atoms with van der Waals surface area (Å²) in [6.07, 6.45) is 4.85. The number of aliphatic hydroxyl groups is 1. The SMILES string of the molecule is CCCC[C@@H](C(=O)N1CCC[C@H]1c1ncco1)[C@H](O)C(=O)NO. The predicted molar refractivity (Wildman–Crippen MR) is 79.1 cm³/mol. The van der Waals surface area contributed by atoms with Crippen molar-refractivity contribution in [2.24, 2.45) is 5.92 Å². The number of aromatic nitrogens is 1. The van der Waals surface area contributed by atoms with Crippen LogP contribution in [0.5, 0.6) is 0 Å². The first-order valence-electron chi connectivity index (χ1n) is 7.92. The van der Waals surface area contributed by atoms with Crippen LogP contribution in [0.25, 0.3) is 0 Å². The summed E-state index contributed by atoms with van der Waals surface area (Å²) in [4.78, 5) is 30.1. The number of likely N-dealkylation sites (tertiary alicyclic amines) is 1. The van der Waals surface area contributed by atoms with E-state index in [9.17, 15) is 14.7 Å². The number of carbonyl (C=O) groups is 2. The largest absolute Gasteiger partial charge is 0.447 e. The van der Waals surface area contributed by atoms with Gasteiger partial charge in [0.1, 0.15) is 18.4 Å². The molecule has 1 aromatic rings. The molecule has 3 N–H and O–H groups in total. The highest BCUT2D eigenvalue weighted by Gasteiger charge is 2.40. The highest BCUT2D eigenvalue weighted by atomic mass is 16.5. The van der Waals surface area contributed by atoms with Crippen LogP contribution < -0.4 is 5.48 Å². The van der Waals surface area contributed by atoms with Gasteiger partial charge in [-0.3, -0.25) is 14.8 Å². The van der Waals surface area contributed by atoms with Crippen LogP contribution in [0.15, 0.2) is 16.9 Å². The number of carbonyl (C=O) groups excluding carboxylic acids is 2. The van der Waals surface area contributed by atoms with Gasteiger partial charge < -0.3 is 14.4 Å². The molecule has 1 fully saturated rings. The molecule has 0 unspecified atom stereocenters. The van der Waals surface area contributed by atoms with Crippen LogP contribution in [0, 0.1) is 5.92 Å². The molecule has 8 nitrogen and oxygen atoms in total. The molecule has 128 valence electrons. The molecular formula is C15H23N3O5. The zero-order valence-electron chi connectivity index (χ0n) is 13.1. The number of nitrogens with one attached hydrogen (secondary N) is 1. The van der Waals surface area contributed by atoms with Crippen molar-refractivity contribution in [3.63, 3.8) is 0 Å². The average Bonchev–Trinajstić information content (AvgIpc) is 3.24. The molecule has 0 aliphatic carbocycles. The maximum atomic E-state index is 12.9.